The molecular weight excluding hydrogens is 450 g/mol. The Kier molecular flexibility index (Phi) is 6.65. The number of hydrogen-bond acceptors (Lipinski definition) is 6. The van der Waals surface area contributed by atoms with Gasteiger partial charge in [0.25, 0.3) is 5.91 Å². The molecule has 0 bridgehead atoms. The van der Waals surface area contributed by atoms with Gasteiger partial charge in [0, 0.05) is 36.6 Å². The second-order valence-corrected chi connectivity index (χ2v) is 10.4. The smallest absolute Gasteiger partial charge is 0.325 e. The van der Waals surface area contributed by atoms with Crippen molar-refractivity contribution in [2.45, 2.75) is 37.6 Å². The van der Waals surface area contributed by atoms with Crippen molar-refractivity contribution in [1.29, 1.82) is 0 Å². The minimum absolute atomic E-state index is 0.124. The molecular formula is C25H31N5O3S. The fourth-order valence-electron chi connectivity index (χ4n) is 5.52. The third-order valence-electron chi connectivity index (χ3n) is 7.38. The van der Waals surface area contributed by atoms with E-state index in [9.17, 15) is 14.4 Å². The van der Waals surface area contributed by atoms with Gasteiger partial charge in [-0.1, -0.05) is 12.1 Å². The molecule has 0 spiro atoms. The Morgan fingerprint density at radius 2 is 1.88 bits per heavy atom. The highest BCUT2D eigenvalue weighted by atomic mass is 32.1. The molecule has 1 N–H and O–H groups in total. The van der Waals surface area contributed by atoms with Gasteiger partial charge >= 0.3 is 6.03 Å². The van der Waals surface area contributed by atoms with E-state index in [0.717, 1.165) is 30.8 Å². The minimum atomic E-state index is -1.18. The molecule has 5 rings (SSSR count). The summed E-state index contributed by atoms with van der Waals surface area (Å²) < 4.78 is 0. The second-order valence-electron chi connectivity index (χ2n) is 9.38. The standard InChI is InChI=1S/C25H31N5O3S/c31-22(18-28-12-3-4-13-28)29-14-8-19(9-15-29)25(21-7-1-2-11-26-21)23(32)30(24(33)27-25)16-10-20-6-5-17-34-20/h1-2,5-7,11,17,19H,3-4,8-10,12-16,18H2,(H,27,33). The van der Waals surface area contributed by atoms with Gasteiger partial charge in [0.15, 0.2) is 5.54 Å². The molecule has 5 heterocycles. The predicted molar refractivity (Wildman–Crippen MR) is 129 cm³/mol. The highest BCUT2D eigenvalue weighted by Crippen LogP contribution is 2.40. The fourth-order valence-corrected chi connectivity index (χ4v) is 6.22. The van der Waals surface area contributed by atoms with E-state index in [-0.39, 0.29) is 23.8 Å². The number of hydrogen-bond donors (Lipinski definition) is 1. The van der Waals surface area contributed by atoms with Gasteiger partial charge in [0.2, 0.25) is 5.91 Å². The number of nitrogens with zero attached hydrogens (tertiary/aromatic N) is 4. The number of thiophene rings is 1. The number of imide groups is 1. The van der Waals surface area contributed by atoms with Crippen LogP contribution in [0.25, 0.3) is 0 Å². The van der Waals surface area contributed by atoms with Crippen LogP contribution < -0.4 is 5.32 Å². The predicted octanol–water partition coefficient (Wildman–Crippen LogP) is 2.47. The van der Waals surface area contributed by atoms with E-state index in [4.69, 9.17) is 0 Å². The summed E-state index contributed by atoms with van der Waals surface area (Å²) in [7, 11) is 0. The van der Waals surface area contributed by atoms with E-state index in [0.29, 0.717) is 51.1 Å². The zero-order chi connectivity index (χ0) is 23.5. The maximum absolute atomic E-state index is 13.9. The number of aromatic nitrogens is 1. The number of nitrogens with one attached hydrogen (secondary N) is 1. The van der Waals surface area contributed by atoms with Gasteiger partial charge in [-0.3, -0.25) is 24.4 Å². The Morgan fingerprint density at radius 1 is 1.09 bits per heavy atom. The van der Waals surface area contributed by atoms with Crippen LogP contribution in [0.5, 0.6) is 0 Å². The van der Waals surface area contributed by atoms with Gasteiger partial charge in [-0.25, -0.2) is 4.79 Å². The zero-order valence-electron chi connectivity index (χ0n) is 19.3. The lowest BCUT2D eigenvalue weighted by atomic mass is 9.75. The Hall–Kier alpha value is -2.78. The average molecular weight is 482 g/mol. The first kappa shape index (κ1) is 23.0. The van der Waals surface area contributed by atoms with Gasteiger partial charge in [-0.2, -0.15) is 0 Å². The van der Waals surface area contributed by atoms with E-state index in [1.807, 2.05) is 40.6 Å². The monoisotopic (exact) mass is 481 g/mol. The number of rotatable bonds is 7. The maximum Gasteiger partial charge on any atom is 0.325 e. The lowest BCUT2D eigenvalue weighted by Crippen LogP contribution is -2.55. The Balaban J connectivity index is 1.32. The Labute approximate surface area is 203 Å². The summed E-state index contributed by atoms with van der Waals surface area (Å²) in [5.41, 5.74) is -0.605. The molecule has 4 amide bonds. The van der Waals surface area contributed by atoms with Crippen LogP contribution in [0.3, 0.4) is 0 Å². The summed E-state index contributed by atoms with van der Waals surface area (Å²) in [4.78, 5) is 50.9. The molecule has 9 heteroatoms. The number of urea groups is 1. The number of amides is 4. The minimum Gasteiger partial charge on any atom is -0.342 e. The zero-order valence-corrected chi connectivity index (χ0v) is 20.1. The number of pyridine rings is 1. The molecule has 0 saturated carbocycles. The normalized spacial score (nSPS) is 24.1. The lowest BCUT2D eigenvalue weighted by Gasteiger charge is -2.40. The first-order valence-corrected chi connectivity index (χ1v) is 13.0. The molecule has 1 atom stereocenters. The molecule has 3 fully saturated rings. The number of carbonyl (C=O) groups is 3. The van der Waals surface area contributed by atoms with Crippen molar-refractivity contribution >= 4 is 29.2 Å². The van der Waals surface area contributed by atoms with Crippen molar-refractivity contribution in [3.63, 3.8) is 0 Å². The van der Waals surface area contributed by atoms with Gasteiger partial charge in [-0.05, 0) is 68.8 Å². The maximum atomic E-state index is 13.9. The summed E-state index contributed by atoms with van der Waals surface area (Å²) in [6.45, 7) is 3.98. The van der Waals surface area contributed by atoms with Crippen molar-refractivity contribution in [2.75, 3.05) is 39.3 Å². The molecule has 0 aromatic carbocycles. The molecule has 2 aromatic heterocycles. The first-order valence-electron chi connectivity index (χ1n) is 12.2. The van der Waals surface area contributed by atoms with Gasteiger partial charge in [0.1, 0.15) is 0 Å². The molecule has 8 nitrogen and oxygen atoms in total. The third kappa shape index (κ3) is 4.34. The van der Waals surface area contributed by atoms with Crippen LogP contribution in [0, 0.1) is 5.92 Å². The van der Waals surface area contributed by atoms with E-state index < -0.39 is 5.54 Å². The van der Waals surface area contributed by atoms with Crippen LogP contribution in [0.15, 0.2) is 41.9 Å². The van der Waals surface area contributed by atoms with Crippen molar-refractivity contribution in [3.05, 3.63) is 52.5 Å². The van der Waals surface area contributed by atoms with E-state index in [1.165, 1.54) is 4.90 Å². The highest BCUT2D eigenvalue weighted by Gasteiger charge is 2.58. The van der Waals surface area contributed by atoms with Crippen LogP contribution in [0.1, 0.15) is 36.3 Å². The second kappa shape index (κ2) is 9.84. The summed E-state index contributed by atoms with van der Waals surface area (Å²) in [5, 5.41) is 5.05. The van der Waals surface area contributed by atoms with Crippen molar-refractivity contribution in [2.24, 2.45) is 5.92 Å². The van der Waals surface area contributed by atoms with Crippen LogP contribution in [0.2, 0.25) is 0 Å². The summed E-state index contributed by atoms with van der Waals surface area (Å²) in [5.74, 6) is -0.192. The lowest BCUT2D eigenvalue weighted by molar-refractivity contribution is -0.137. The quantitative estimate of drug-likeness (QED) is 0.614. The molecule has 34 heavy (non-hydrogen) atoms. The van der Waals surface area contributed by atoms with Crippen LogP contribution in [-0.2, 0) is 21.5 Å². The topological polar surface area (TPSA) is 85.8 Å². The van der Waals surface area contributed by atoms with Crippen LogP contribution in [0.4, 0.5) is 4.79 Å². The van der Waals surface area contributed by atoms with Gasteiger partial charge < -0.3 is 10.2 Å². The molecule has 3 aliphatic heterocycles. The third-order valence-corrected chi connectivity index (χ3v) is 8.32. The molecule has 180 valence electrons. The highest BCUT2D eigenvalue weighted by molar-refractivity contribution is 7.09. The first-order chi connectivity index (χ1) is 16.6. The number of likely N-dealkylation sites (tertiary alicyclic amines) is 2. The molecule has 2 aromatic rings. The number of carbonyl (C=O) groups excluding carboxylic acids is 3. The number of piperidine rings is 1. The summed E-state index contributed by atoms with van der Waals surface area (Å²) in [6, 6.07) is 9.12. The van der Waals surface area contributed by atoms with Crippen molar-refractivity contribution in [3.8, 4) is 0 Å². The fraction of sp³-hybridized carbons (Fsp3) is 0.520. The van der Waals surface area contributed by atoms with E-state index >= 15 is 0 Å². The van der Waals surface area contributed by atoms with Crippen molar-refractivity contribution < 1.29 is 14.4 Å². The van der Waals surface area contributed by atoms with E-state index in [2.05, 4.69) is 15.2 Å². The van der Waals surface area contributed by atoms with E-state index in [1.54, 1.807) is 17.5 Å². The van der Waals surface area contributed by atoms with Gasteiger partial charge in [-0.15, -0.1) is 11.3 Å². The Morgan fingerprint density at radius 3 is 2.56 bits per heavy atom. The molecule has 0 aliphatic carbocycles. The Bertz CT molecular complexity index is 1020. The summed E-state index contributed by atoms with van der Waals surface area (Å²) in [6.07, 6.45) is 5.91. The molecule has 3 saturated heterocycles. The molecule has 1 unspecified atom stereocenters. The SMILES string of the molecule is O=C(CN1CCCC1)N1CCC(C2(c3ccccn3)NC(=O)N(CCc3cccs3)C2=O)CC1. The van der Waals surface area contributed by atoms with Crippen molar-refractivity contribution in [1.82, 2.24) is 25.0 Å². The molecule has 3 aliphatic rings. The van der Waals surface area contributed by atoms with Gasteiger partial charge in [0.05, 0.1) is 12.2 Å². The molecule has 0 radical (unpaired) electrons. The average Bonchev–Trinajstić information content (AvgIpc) is 3.61. The largest absolute Gasteiger partial charge is 0.342 e. The van der Waals surface area contributed by atoms with Crippen LogP contribution in [-0.4, -0.2) is 76.8 Å². The van der Waals surface area contributed by atoms with Crippen LogP contribution >= 0.6 is 11.3 Å². The summed E-state index contributed by atoms with van der Waals surface area (Å²) >= 11 is 1.62.